The van der Waals surface area contributed by atoms with Crippen LogP contribution in [0.15, 0.2) is 32.5 Å². The van der Waals surface area contributed by atoms with Crippen LogP contribution in [0.1, 0.15) is 27.7 Å². The lowest BCUT2D eigenvalue weighted by Gasteiger charge is -2.17. The van der Waals surface area contributed by atoms with Gasteiger partial charge in [0.15, 0.2) is 6.10 Å². The second-order valence-electron chi connectivity index (χ2n) is 5.13. The molecule has 24 heavy (non-hydrogen) atoms. The average molecular weight is 476 g/mol. The van der Waals surface area contributed by atoms with E-state index in [0.29, 0.717) is 10.6 Å². The molecule has 1 atom stereocenters. The minimum atomic E-state index is -0.743. The summed E-state index contributed by atoms with van der Waals surface area (Å²) in [4.78, 5) is 24.6. The Kier molecular flexibility index (Phi) is 6.42. The molecule has 1 heterocycles. The van der Waals surface area contributed by atoms with Crippen LogP contribution in [0.3, 0.4) is 0 Å². The Labute approximate surface area is 161 Å². The van der Waals surface area contributed by atoms with Crippen LogP contribution in [0.4, 0.5) is 0 Å². The number of halogens is 2. The summed E-state index contributed by atoms with van der Waals surface area (Å²) >= 11 is 7.90. The minimum absolute atomic E-state index is 0.390. The highest BCUT2D eigenvalue weighted by Gasteiger charge is 2.18. The smallest absolute Gasteiger partial charge is 0.279 e. The van der Waals surface area contributed by atoms with Gasteiger partial charge in [0.1, 0.15) is 5.75 Å². The third-order valence-corrected chi connectivity index (χ3v) is 6.65. The number of carbonyl (C=O) groups is 2. The van der Waals surface area contributed by atoms with Crippen molar-refractivity contribution in [1.82, 2.24) is 10.9 Å². The van der Waals surface area contributed by atoms with Crippen LogP contribution in [0.5, 0.6) is 5.75 Å². The number of hydrogen-bond donors (Lipinski definition) is 2. The number of ether oxygens (including phenoxy) is 1. The van der Waals surface area contributed by atoms with Gasteiger partial charge < -0.3 is 4.74 Å². The summed E-state index contributed by atoms with van der Waals surface area (Å²) in [7, 11) is 0. The second kappa shape index (κ2) is 8.13. The van der Waals surface area contributed by atoms with E-state index in [-0.39, 0.29) is 0 Å². The molecule has 2 N–H and O–H groups in total. The summed E-state index contributed by atoms with van der Waals surface area (Å²) in [5, 5.41) is 0. The van der Waals surface area contributed by atoms with E-state index in [1.807, 2.05) is 32.0 Å². The van der Waals surface area contributed by atoms with Crippen LogP contribution in [0, 0.1) is 13.8 Å². The summed E-state index contributed by atoms with van der Waals surface area (Å²) in [6, 6.07) is 7.33. The molecule has 5 nitrogen and oxygen atoms in total. The highest BCUT2D eigenvalue weighted by molar-refractivity contribution is 9.13. The van der Waals surface area contributed by atoms with E-state index in [9.17, 15) is 9.59 Å². The molecule has 2 aromatic rings. The fourth-order valence-electron chi connectivity index (χ4n) is 1.84. The predicted molar refractivity (Wildman–Crippen MR) is 101 cm³/mol. The van der Waals surface area contributed by atoms with Crippen molar-refractivity contribution in [1.29, 1.82) is 0 Å². The number of rotatable bonds is 4. The van der Waals surface area contributed by atoms with Gasteiger partial charge in [0.2, 0.25) is 0 Å². The Morgan fingerprint density at radius 3 is 2.54 bits per heavy atom. The second-order valence-corrected chi connectivity index (χ2v) is 8.36. The number of aryl methyl sites for hydroxylation is 1. The minimum Gasteiger partial charge on any atom is -0.481 e. The van der Waals surface area contributed by atoms with E-state index in [0.717, 1.165) is 19.4 Å². The number of amides is 2. The van der Waals surface area contributed by atoms with Gasteiger partial charge in [0.25, 0.3) is 11.8 Å². The molecule has 0 aliphatic heterocycles. The molecule has 1 aromatic heterocycles. The highest BCUT2D eigenvalue weighted by atomic mass is 79.9. The molecule has 1 aromatic carbocycles. The van der Waals surface area contributed by atoms with Crippen molar-refractivity contribution in [2.24, 2.45) is 0 Å². The SMILES string of the molecule is Cc1cccc(OC(C)C(=O)NNC(=O)c2cc(Br)c(Br)s2)c1C. The monoisotopic (exact) mass is 474 g/mol. The number of hydrogen-bond acceptors (Lipinski definition) is 4. The molecule has 1 unspecified atom stereocenters. The first-order chi connectivity index (χ1) is 11.3. The molecule has 0 saturated heterocycles. The number of nitrogens with one attached hydrogen (secondary N) is 2. The van der Waals surface area contributed by atoms with Crippen LogP contribution in [-0.4, -0.2) is 17.9 Å². The number of benzene rings is 1. The van der Waals surface area contributed by atoms with E-state index >= 15 is 0 Å². The Morgan fingerprint density at radius 1 is 1.21 bits per heavy atom. The van der Waals surface area contributed by atoms with E-state index in [1.165, 1.54) is 11.3 Å². The zero-order valence-corrected chi connectivity index (χ0v) is 17.3. The van der Waals surface area contributed by atoms with Crippen molar-refractivity contribution in [3.8, 4) is 5.75 Å². The third-order valence-electron chi connectivity index (χ3n) is 3.40. The van der Waals surface area contributed by atoms with Crippen LogP contribution >= 0.6 is 43.2 Å². The van der Waals surface area contributed by atoms with Crippen molar-refractivity contribution in [3.63, 3.8) is 0 Å². The highest BCUT2D eigenvalue weighted by Crippen LogP contribution is 2.32. The van der Waals surface area contributed by atoms with Gasteiger partial charge in [-0.15, -0.1) is 11.3 Å². The summed E-state index contributed by atoms with van der Waals surface area (Å²) in [6.07, 6.45) is -0.743. The molecular formula is C16H16Br2N2O3S. The zero-order valence-electron chi connectivity index (χ0n) is 13.3. The first-order valence-corrected chi connectivity index (χ1v) is 9.47. The Morgan fingerprint density at radius 2 is 1.92 bits per heavy atom. The van der Waals surface area contributed by atoms with Crippen molar-refractivity contribution in [2.45, 2.75) is 26.9 Å². The van der Waals surface area contributed by atoms with Crippen molar-refractivity contribution >= 4 is 55.0 Å². The molecule has 0 saturated carbocycles. The lowest BCUT2D eigenvalue weighted by Crippen LogP contribution is -2.47. The molecule has 0 aliphatic rings. The Hall–Kier alpha value is -1.38. The van der Waals surface area contributed by atoms with E-state index in [2.05, 4.69) is 42.7 Å². The topological polar surface area (TPSA) is 67.4 Å². The van der Waals surface area contributed by atoms with Crippen molar-refractivity contribution < 1.29 is 14.3 Å². The Bertz CT molecular complexity index is 757. The number of carbonyl (C=O) groups excluding carboxylic acids is 2. The van der Waals surface area contributed by atoms with Crippen molar-refractivity contribution in [3.05, 3.63) is 48.5 Å². The van der Waals surface area contributed by atoms with Gasteiger partial charge in [0, 0.05) is 4.47 Å². The molecule has 0 radical (unpaired) electrons. The van der Waals surface area contributed by atoms with Crippen LogP contribution in [0.25, 0.3) is 0 Å². The molecule has 128 valence electrons. The molecule has 0 spiro atoms. The summed E-state index contributed by atoms with van der Waals surface area (Å²) < 4.78 is 7.27. The predicted octanol–water partition coefficient (Wildman–Crippen LogP) is 4.12. The molecule has 0 aliphatic carbocycles. The molecule has 2 rings (SSSR count). The summed E-state index contributed by atoms with van der Waals surface area (Å²) in [6.45, 7) is 5.54. The molecule has 0 fully saturated rings. The fourth-order valence-corrected chi connectivity index (χ4v) is 3.77. The van der Waals surface area contributed by atoms with Crippen molar-refractivity contribution in [2.75, 3.05) is 0 Å². The van der Waals surface area contributed by atoms with E-state index in [1.54, 1.807) is 13.0 Å². The van der Waals surface area contributed by atoms with Gasteiger partial charge in [-0.3, -0.25) is 20.4 Å². The molecular weight excluding hydrogens is 460 g/mol. The van der Waals surface area contributed by atoms with Crippen LogP contribution < -0.4 is 15.6 Å². The van der Waals surface area contributed by atoms with Gasteiger partial charge in [0.05, 0.1) is 8.66 Å². The fraction of sp³-hybridized carbons (Fsp3) is 0.250. The van der Waals surface area contributed by atoms with E-state index < -0.39 is 17.9 Å². The normalized spacial score (nSPS) is 11.7. The van der Waals surface area contributed by atoms with E-state index in [4.69, 9.17) is 4.74 Å². The van der Waals surface area contributed by atoms with Gasteiger partial charge in [-0.25, -0.2) is 0 Å². The lowest BCUT2D eigenvalue weighted by molar-refractivity contribution is -0.128. The first kappa shape index (κ1) is 19.0. The Balaban J connectivity index is 1.92. The largest absolute Gasteiger partial charge is 0.481 e. The van der Waals surface area contributed by atoms with Gasteiger partial charge in [-0.1, -0.05) is 12.1 Å². The lowest BCUT2D eigenvalue weighted by atomic mass is 10.1. The van der Waals surface area contributed by atoms with Crippen LogP contribution in [0.2, 0.25) is 0 Å². The molecule has 0 bridgehead atoms. The average Bonchev–Trinajstić information content (AvgIpc) is 2.88. The maximum Gasteiger partial charge on any atom is 0.279 e. The molecule has 8 heteroatoms. The quantitative estimate of drug-likeness (QED) is 0.653. The third kappa shape index (κ3) is 4.58. The van der Waals surface area contributed by atoms with Gasteiger partial charge >= 0.3 is 0 Å². The standard InChI is InChI=1S/C16H16Br2N2O3S/c1-8-5-4-6-12(9(8)2)23-10(3)15(21)19-20-16(22)13-7-11(17)14(18)24-13/h4-7,10H,1-3H3,(H,19,21)(H,20,22). The molecule has 2 amide bonds. The van der Waals surface area contributed by atoms with Gasteiger partial charge in [-0.05, 0) is 75.9 Å². The number of thiophene rings is 1. The zero-order chi connectivity index (χ0) is 17.9. The van der Waals surface area contributed by atoms with Gasteiger partial charge in [-0.2, -0.15) is 0 Å². The maximum atomic E-state index is 12.1. The summed E-state index contributed by atoms with van der Waals surface area (Å²) in [5.41, 5.74) is 6.82. The first-order valence-electron chi connectivity index (χ1n) is 7.07. The number of hydrazine groups is 1. The summed E-state index contributed by atoms with van der Waals surface area (Å²) in [5.74, 6) is -0.173. The maximum absolute atomic E-state index is 12.1. The van der Waals surface area contributed by atoms with Crippen LogP contribution in [-0.2, 0) is 4.79 Å².